The molecule has 0 fully saturated rings. The van der Waals surface area contributed by atoms with Gasteiger partial charge in [-0.3, -0.25) is 4.57 Å². The summed E-state index contributed by atoms with van der Waals surface area (Å²) in [5.74, 6) is 1.90. The summed E-state index contributed by atoms with van der Waals surface area (Å²) >= 11 is 0. The van der Waals surface area contributed by atoms with Crippen LogP contribution in [0.4, 0.5) is 10.3 Å². The Bertz CT molecular complexity index is 1260. The molecule has 3 aromatic carbocycles. The lowest BCUT2D eigenvalue weighted by atomic mass is 10.00. The second kappa shape index (κ2) is 7.22. The summed E-state index contributed by atoms with van der Waals surface area (Å²) in [4.78, 5) is 4.78. The molecule has 1 aliphatic rings. The molecule has 0 saturated heterocycles. The van der Waals surface area contributed by atoms with Gasteiger partial charge in [0.15, 0.2) is 0 Å². The number of fused-ring (bicyclic) bond motifs is 3. The quantitative estimate of drug-likeness (QED) is 0.508. The van der Waals surface area contributed by atoms with E-state index in [1.807, 2.05) is 42.5 Å². The minimum absolute atomic E-state index is 0.172. The molecule has 0 aliphatic carbocycles. The predicted octanol–water partition coefficient (Wildman–Crippen LogP) is 5.25. The second-order valence-electron chi connectivity index (χ2n) is 7.06. The van der Waals surface area contributed by atoms with Crippen molar-refractivity contribution in [1.82, 2.24) is 9.55 Å². The highest BCUT2D eigenvalue weighted by Crippen LogP contribution is 2.40. The fourth-order valence-electron chi connectivity index (χ4n) is 3.90. The van der Waals surface area contributed by atoms with Gasteiger partial charge in [0.1, 0.15) is 17.3 Å². The summed E-state index contributed by atoms with van der Waals surface area (Å²) in [5, 5.41) is 3.41. The number of hydrogen-bond donors (Lipinski definition) is 1. The van der Waals surface area contributed by atoms with Crippen LogP contribution in [0.5, 0.6) is 11.5 Å². The van der Waals surface area contributed by atoms with Gasteiger partial charge in [-0.05, 0) is 60.2 Å². The summed E-state index contributed by atoms with van der Waals surface area (Å²) in [6.07, 6.45) is 2.11. The third-order valence-corrected chi connectivity index (χ3v) is 5.36. The number of aromatic nitrogens is 2. The number of nitrogens with one attached hydrogen (secondary N) is 1. The van der Waals surface area contributed by atoms with Gasteiger partial charge in [0, 0.05) is 17.3 Å². The molecular weight excluding hydrogens is 381 g/mol. The first kappa shape index (κ1) is 18.2. The largest absolute Gasteiger partial charge is 0.497 e. The molecule has 0 amide bonds. The lowest BCUT2D eigenvalue weighted by molar-refractivity contribution is 0.389. The molecule has 2 heterocycles. The van der Waals surface area contributed by atoms with Crippen LogP contribution in [0.2, 0.25) is 0 Å². The molecule has 1 aromatic heterocycles. The fraction of sp³-hybridized carbons (Fsp3) is 0.125. The van der Waals surface area contributed by atoms with Crippen molar-refractivity contribution in [2.24, 2.45) is 0 Å². The molecule has 5 rings (SSSR count). The average Bonchev–Trinajstić information content (AvgIpc) is 3.17. The van der Waals surface area contributed by atoms with Crippen molar-refractivity contribution in [3.63, 3.8) is 0 Å². The van der Waals surface area contributed by atoms with E-state index in [2.05, 4.69) is 16.0 Å². The lowest BCUT2D eigenvalue weighted by Crippen LogP contribution is -2.19. The second-order valence-corrected chi connectivity index (χ2v) is 7.06. The van der Waals surface area contributed by atoms with Gasteiger partial charge in [-0.1, -0.05) is 12.1 Å². The molecule has 0 unspecified atom stereocenters. The molecule has 0 saturated carbocycles. The molecule has 5 nitrogen and oxygen atoms in total. The lowest BCUT2D eigenvalue weighted by Gasteiger charge is -2.27. The van der Waals surface area contributed by atoms with Crippen molar-refractivity contribution in [3.8, 4) is 11.5 Å². The number of imidazole rings is 1. The Balaban J connectivity index is 1.73. The molecule has 150 valence electrons. The number of nitrogens with zero attached hydrogens (tertiary/aromatic N) is 2. The Morgan fingerprint density at radius 3 is 2.53 bits per heavy atom. The monoisotopic (exact) mass is 401 g/mol. The summed E-state index contributed by atoms with van der Waals surface area (Å²) in [6, 6.07) is 20.1. The molecule has 0 bridgehead atoms. The van der Waals surface area contributed by atoms with Crippen molar-refractivity contribution in [2.45, 2.75) is 6.04 Å². The Labute approximate surface area is 173 Å². The van der Waals surface area contributed by atoms with Gasteiger partial charge in [-0.15, -0.1) is 0 Å². The van der Waals surface area contributed by atoms with E-state index < -0.39 is 0 Å². The summed E-state index contributed by atoms with van der Waals surface area (Å²) in [5.41, 5.74) is 4.63. The molecule has 0 spiro atoms. The summed E-state index contributed by atoms with van der Waals surface area (Å²) in [6.45, 7) is 0. The number of ether oxygens (including phenoxy) is 2. The van der Waals surface area contributed by atoms with E-state index in [9.17, 15) is 4.39 Å². The van der Waals surface area contributed by atoms with Crippen LogP contribution in [0.25, 0.3) is 16.7 Å². The maximum Gasteiger partial charge on any atom is 0.209 e. The number of para-hydroxylation sites is 2. The van der Waals surface area contributed by atoms with Crippen molar-refractivity contribution in [1.29, 1.82) is 0 Å². The molecule has 4 aromatic rings. The minimum atomic E-state index is -0.268. The van der Waals surface area contributed by atoms with E-state index in [1.165, 1.54) is 12.1 Å². The van der Waals surface area contributed by atoms with Crippen LogP contribution >= 0.6 is 0 Å². The zero-order valence-electron chi connectivity index (χ0n) is 16.6. The van der Waals surface area contributed by atoms with E-state index in [0.717, 1.165) is 45.3 Å². The zero-order chi connectivity index (χ0) is 20.7. The van der Waals surface area contributed by atoms with Crippen molar-refractivity contribution >= 4 is 22.7 Å². The number of halogens is 1. The van der Waals surface area contributed by atoms with Gasteiger partial charge >= 0.3 is 0 Å². The standard InChI is InChI=1S/C24H20FN3O2/c1-29-17-11-12-18(23(13-17)30-2)22-14-20(15-7-9-16(25)10-8-15)27-24-26-19-5-3-4-6-21(19)28(22)24/h3-14,22H,1-2H3,(H,26,27)/t22-/m0/s1. The normalized spacial score (nSPS) is 15.3. The minimum Gasteiger partial charge on any atom is -0.497 e. The van der Waals surface area contributed by atoms with E-state index in [0.29, 0.717) is 0 Å². The van der Waals surface area contributed by atoms with Gasteiger partial charge in [-0.25, -0.2) is 9.37 Å². The molecule has 30 heavy (non-hydrogen) atoms. The Hall–Kier alpha value is -3.80. The summed E-state index contributed by atoms with van der Waals surface area (Å²) < 4.78 is 26.7. The highest BCUT2D eigenvalue weighted by molar-refractivity contribution is 5.85. The fourth-order valence-corrected chi connectivity index (χ4v) is 3.90. The highest BCUT2D eigenvalue weighted by atomic mass is 19.1. The van der Waals surface area contributed by atoms with Crippen LogP contribution in [0.1, 0.15) is 17.2 Å². The third kappa shape index (κ3) is 2.97. The zero-order valence-corrected chi connectivity index (χ0v) is 16.6. The first-order valence-corrected chi connectivity index (χ1v) is 9.61. The van der Waals surface area contributed by atoms with Gasteiger partial charge < -0.3 is 14.8 Å². The molecule has 6 heteroatoms. The van der Waals surface area contributed by atoms with Gasteiger partial charge in [0.25, 0.3) is 0 Å². The molecule has 1 atom stereocenters. The van der Waals surface area contributed by atoms with Gasteiger partial charge in [0.2, 0.25) is 5.95 Å². The van der Waals surface area contributed by atoms with Crippen molar-refractivity contribution in [3.05, 3.63) is 89.8 Å². The first-order valence-electron chi connectivity index (χ1n) is 9.61. The smallest absolute Gasteiger partial charge is 0.209 e. The Kier molecular flexibility index (Phi) is 4.39. The van der Waals surface area contributed by atoms with Crippen molar-refractivity contribution in [2.75, 3.05) is 19.5 Å². The third-order valence-electron chi connectivity index (χ3n) is 5.36. The average molecular weight is 401 g/mol. The van der Waals surface area contributed by atoms with Crippen LogP contribution in [-0.4, -0.2) is 23.8 Å². The van der Waals surface area contributed by atoms with E-state index in [4.69, 9.17) is 14.5 Å². The Morgan fingerprint density at radius 1 is 0.967 bits per heavy atom. The predicted molar refractivity (Wildman–Crippen MR) is 115 cm³/mol. The number of hydrogen-bond acceptors (Lipinski definition) is 4. The van der Waals surface area contributed by atoms with E-state index in [-0.39, 0.29) is 11.9 Å². The maximum absolute atomic E-state index is 13.5. The first-order chi connectivity index (χ1) is 14.7. The van der Waals surface area contributed by atoms with Crippen LogP contribution < -0.4 is 14.8 Å². The highest BCUT2D eigenvalue weighted by Gasteiger charge is 2.27. The topological polar surface area (TPSA) is 48.3 Å². The summed E-state index contributed by atoms with van der Waals surface area (Å²) in [7, 11) is 3.28. The van der Waals surface area contributed by atoms with Crippen LogP contribution in [0.3, 0.4) is 0 Å². The van der Waals surface area contributed by atoms with Gasteiger partial charge in [0.05, 0.1) is 31.3 Å². The number of allylic oxidation sites excluding steroid dienone is 1. The van der Waals surface area contributed by atoms with Crippen LogP contribution in [-0.2, 0) is 0 Å². The number of methoxy groups -OCH3 is 2. The van der Waals surface area contributed by atoms with Crippen molar-refractivity contribution < 1.29 is 13.9 Å². The Morgan fingerprint density at radius 2 is 1.77 bits per heavy atom. The number of anilines is 1. The van der Waals surface area contributed by atoms with Gasteiger partial charge in [-0.2, -0.15) is 0 Å². The van der Waals surface area contributed by atoms with E-state index in [1.54, 1.807) is 26.4 Å². The molecular formula is C24H20FN3O2. The number of rotatable bonds is 4. The van der Waals surface area contributed by atoms with Crippen LogP contribution in [0.15, 0.2) is 72.8 Å². The SMILES string of the molecule is COc1ccc([C@@H]2C=C(c3ccc(F)cc3)Nc3nc4ccccc4n32)c(OC)c1. The molecule has 1 aliphatic heterocycles. The molecule has 1 N–H and O–H groups in total. The molecule has 0 radical (unpaired) electrons. The maximum atomic E-state index is 13.5. The van der Waals surface area contributed by atoms with Crippen LogP contribution in [0, 0.1) is 5.82 Å². The number of benzene rings is 3. The van der Waals surface area contributed by atoms with E-state index >= 15 is 0 Å².